The van der Waals surface area contributed by atoms with Gasteiger partial charge < -0.3 is 14.7 Å². The van der Waals surface area contributed by atoms with E-state index in [-0.39, 0.29) is 5.54 Å². The monoisotopic (exact) mass is 373 g/mol. The molecule has 0 aromatic heterocycles. The first-order chi connectivity index (χ1) is 13.2. The number of benzene rings is 1. The van der Waals surface area contributed by atoms with Crippen LogP contribution in [0.4, 0.5) is 5.69 Å². The number of hydrogen-bond acceptors (Lipinski definition) is 5. The molecule has 27 heavy (non-hydrogen) atoms. The molecule has 0 amide bonds. The smallest absolute Gasteiger partial charge is 0.126 e. The summed E-state index contributed by atoms with van der Waals surface area (Å²) in [6.07, 6.45) is 8.21. The third kappa shape index (κ3) is 4.82. The SMILES string of the molecule is CCN(CC)c1ccc(C=NCC2(N3CCOCC3)CCCCC2)c(O)c1. The van der Waals surface area contributed by atoms with Crippen LogP contribution in [0.5, 0.6) is 5.75 Å². The maximum absolute atomic E-state index is 10.4. The summed E-state index contributed by atoms with van der Waals surface area (Å²) in [5.74, 6) is 0.312. The lowest BCUT2D eigenvalue weighted by molar-refractivity contribution is -0.0332. The van der Waals surface area contributed by atoms with Gasteiger partial charge in [0, 0.05) is 55.2 Å². The van der Waals surface area contributed by atoms with E-state index >= 15 is 0 Å². The maximum Gasteiger partial charge on any atom is 0.126 e. The Morgan fingerprint density at radius 1 is 1.15 bits per heavy atom. The van der Waals surface area contributed by atoms with E-state index in [0.29, 0.717) is 5.75 Å². The summed E-state index contributed by atoms with van der Waals surface area (Å²) in [6.45, 7) is 10.6. The molecule has 0 radical (unpaired) electrons. The molecule has 150 valence electrons. The molecule has 1 heterocycles. The third-order valence-corrected chi connectivity index (χ3v) is 6.22. The zero-order chi connectivity index (χ0) is 19.1. The number of phenols is 1. The summed E-state index contributed by atoms with van der Waals surface area (Å²) in [7, 11) is 0. The molecule has 1 aliphatic carbocycles. The lowest BCUT2D eigenvalue weighted by atomic mass is 9.80. The second-order valence-electron chi connectivity index (χ2n) is 7.77. The number of morpholine rings is 1. The van der Waals surface area contributed by atoms with Crippen LogP contribution in [0.3, 0.4) is 0 Å². The highest BCUT2D eigenvalue weighted by Crippen LogP contribution is 2.34. The molecule has 2 fully saturated rings. The second kappa shape index (κ2) is 9.56. The number of hydrogen-bond donors (Lipinski definition) is 1. The molecule has 1 N–H and O–H groups in total. The first-order valence-corrected chi connectivity index (χ1v) is 10.6. The minimum Gasteiger partial charge on any atom is -0.507 e. The van der Waals surface area contributed by atoms with E-state index in [1.807, 2.05) is 18.3 Å². The average Bonchev–Trinajstić information content (AvgIpc) is 2.72. The van der Waals surface area contributed by atoms with Crippen molar-refractivity contribution in [3.8, 4) is 5.75 Å². The molecule has 1 aromatic rings. The van der Waals surface area contributed by atoms with Crippen molar-refractivity contribution in [2.45, 2.75) is 51.5 Å². The van der Waals surface area contributed by atoms with E-state index < -0.39 is 0 Å². The molecule has 0 unspecified atom stereocenters. The lowest BCUT2D eigenvalue weighted by Gasteiger charge is -2.47. The largest absolute Gasteiger partial charge is 0.507 e. The Morgan fingerprint density at radius 2 is 1.85 bits per heavy atom. The normalized spacial score (nSPS) is 20.8. The van der Waals surface area contributed by atoms with Gasteiger partial charge in [0.05, 0.1) is 19.8 Å². The van der Waals surface area contributed by atoms with Crippen LogP contribution in [0.2, 0.25) is 0 Å². The predicted octanol–water partition coefficient (Wildman–Crippen LogP) is 3.69. The molecule has 0 bridgehead atoms. The fourth-order valence-corrected chi connectivity index (χ4v) is 4.56. The number of aromatic hydroxyl groups is 1. The first kappa shape index (κ1) is 20.2. The van der Waals surface area contributed by atoms with Gasteiger partial charge in [0.15, 0.2) is 0 Å². The highest BCUT2D eigenvalue weighted by atomic mass is 16.5. The first-order valence-electron chi connectivity index (χ1n) is 10.6. The summed E-state index contributed by atoms with van der Waals surface area (Å²) in [6, 6.07) is 5.91. The summed E-state index contributed by atoms with van der Waals surface area (Å²) in [5.41, 5.74) is 2.04. The van der Waals surface area contributed by atoms with Crippen LogP contribution >= 0.6 is 0 Å². The van der Waals surface area contributed by atoms with E-state index in [1.54, 1.807) is 0 Å². The molecule has 5 nitrogen and oxygen atoms in total. The minimum absolute atomic E-state index is 0.176. The van der Waals surface area contributed by atoms with Crippen molar-refractivity contribution >= 4 is 11.9 Å². The van der Waals surface area contributed by atoms with Crippen LogP contribution in [0.25, 0.3) is 0 Å². The topological polar surface area (TPSA) is 48.3 Å². The van der Waals surface area contributed by atoms with Gasteiger partial charge >= 0.3 is 0 Å². The van der Waals surface area contributed by atoms with Gasteiger partial charge in [-0.2, -0.15) is 0 Å². The van der Waals surface area contributed by atoms with Crippen LogP contribution in [0, 0.1) is 0 Å². The molecule has 2 aliphatic rings. The Bertz CT molecular complexity index is 616. The van der Waals surface area contributed by atoms with E-state index in [4.69, 9.17) is 9.73 Å². The standard InChI is InChI=1S/C22H35N3O2/c1-3-24(4-2)20-9-8-19(21(26)16-20)17-23-18-22(10-6-5-7-11-22)25-12-14-27-15-13-25/h8-9,16-17,26H,3-7,10-15,18H2,1-2H3. The highest BCUT2D eigenvalue weighted by Gasteiger charge is 2.38. The van der Waals surface area contributed by atoms with Crippen molar-refractivity contribution in [1.29, 1.82) is 0 Å². The number of anilines is 1. The average molecular weight is 374 g/mol. The van der Waals surface area contributed by atoms with Crippen molar-refractivity contribution in [1.82, 2.24) is 4.90 Å². The van der Waals surface area contributed by atoms with Crippen molar-refractivity contribution in [2.75, 3.05) is 50.8 Å². The van der Waals surface area contributed by atoms with Crippen molar-refractivity contribution in [3.05, 3.63) is 23.8 Å². The Morgan fingerprint density at radius 3 is 2.48 bits per heavy atom. The Labute approximate surface area is 164 Å². The summed E-state index contributed by atoms with van der Waals surface area (Å²) in [5, 5.41) is 10.4. The van der Waals surface area contributed by atoms with E-state index in [2.05, 4.69) is 29.7 Å². The Hall–Kier alpha value is -1.59. The molecule has 1 aromatic carbocycles. The van der Waals surface area contributed by atoms with Gasteiger partial charge in [-0.25, -0.2) is 0 Å². The number of phenolic OH excluding ortho intramolecular Hbond substituents is 1. The number of aliphatic imine (C=N–C) groups is 1. The molecule has 1 saturated heterocycles. The van der Waals surface area contributed by atoms with Gasteiger partial charge in [0.25, 0.3) is 0 Å². The summed E-state index contributed by atoms with van der Waals surface area (Å²) < 4.78 is 5.56. The van der Waals surface area contributed by atoms with Crippen LogP contribution in [0.15, 0.2) is 23.2 Å². The molecule has 5 heteroatoms. The zero-order valence-corrected chi connectivity index (χ0v) is 17.0. The van der Waals surface area contributed by atoms with Gasteiger partial charge in [-0.3, -0.25) is 9.89 Å². The molecule has 0 spiro atoms. The molecular formula is C22H35N3O2. The summed E-state index contributed by atoms with van der Waals surface area (Å²) >= 11 is 0. The quantitative estimate of drug-likeness (QED) is 0.741. The molecule has 1 aliphatic heterocycles. The minimum atomic E-state index is 0.176. The van der Waals surface area contributed by atoms with Crippen LogP contribution in [0.1, 0.15) is 51.5 Å². The van der Waals surface area contributed by atoms with Crippen molar-refractivity contribution in [3.63, 3.8) is 0 Å². The van der Waals surface area contributed by atoms with Gasteiger partial charge in [0.2, 0.25) is 0 Å². The number of nitrogens with zero attached hydrogens (tertiary/aromatic N) is 3. The van der Waals surface area contributed by atoms with Gasteiger partial charge in [-0.1, -0.05) is 19.3 Å². The number of rotatable bonds is 7. The van der Waals surface area contributed by atoms with E-state index in [0.717, 1.165) is 57.2 Å². The molecule has 3 rings (SSSR count). The molecular weight excluding hydrogens is 338 g/mol. The van der Waals surface area contributed by atoms with Crippen molar-refractivity contribution < 1.29 is 9.84 Å². The Balaban J connectivity index is 1.70. The highest BCUT2D eigenvalue weighted by molar-refractivity contribution is 5.84. The van der Waals surface area contributed by atoms with Crippen LogP contribution < -0.4 is 4.90 Å². The fraction of sp³-hybridized carbons (Fsp3) is 0.682. The second-order valence-corrected chi connectivity index (χ2v) is 7.77. The van der Waals surface area contributed by atoms with Gasteiger partial charge in [0.1, 0.15) is 5.75 Å². The fourth-order valence-electron chi connectivity index (χ4n) is 4.56. The molecule has 1 saturated carbocycles. The third-order valence-electron chi connectivity index (χ3n) is 6.22. The zero-order valence-electron chi connectivity index (χ0n) is 17.0. The predicted molar refractivity (Wildman–Crippen MR) is 112 cm³/mol. The maximum atomic E-state index is 10.4. The van der Waals surface area contributed by atoms with E-state index in [1.165, 1.54) is 32.1 Å². The van der Waals surface area contributed by atoms with Crippen LogP contribution in [-0.2, 0) is 4.74 Å². The summed E-state index contributed by atoms with van der Waals surface area (Å²) in [4.78, 5) is 9.65. The van der Waals surface area contributed by atoms with Crippen molar-refractivity contribution in [2.24, 2.45) is 4.99 Å². The number of ether oxygens (including phenoxy) is 1. The lowest BCUT2D eigenvalue weighted by Crippen LogP contribution is -2.56. The molecule has 0 atom stereocenters. The van der Waals surface area contributed by atoms with Gasteiger partial charge in [-0.15, -0.1) is 0 Å². The Kier molecular flexibility index (Phi) is 7.13. The van der Waals surface area contributed by atoms with E-state index in [9.17, 15) is 5.11 Å². The van der Waals surface area contributed by atoms with Crippen LogP contribution in [-0.4, -0.2) is 67.7 Å². The van der Waals surface area contributed by atoms with Gasteiger partial charge in [-0.05, 0) is 38.8 Å².